The predicted molar refractivity (Wildman–Crippen MR) is 147 cm³/mol. The normalized spacial score (nSPS) is 18.5. The number of carbonyl (C=O) groups excluding carboxylic acids is 2. The Labute approximate surface area is 231 Å². The van der Waals surface area contributed by atoms with Crippen LogP contribution in [0.15, 0.2) is 68.3 Å². The summed E-state index contributed by atoms with van der Waals surface area (Å²) in [5, 5.41) is 0. The molecule has 0 radical (unpaired) electrons. The number of methoxy groups -OCH3 is 1. The number of benzene rings is 2. The van der Waals surface area contributed by atoms with Crippen molar-refractivity contribution in [2.45, 2.75) is 63.2 Å². The number of ketones is 2. The van der Waals surface area contributed by atoms with Crippen LogP contribution in [0.5, 0.6) is 11.5 Å². The molecule has 200 valence electrons. The van der Waals surface area contributed by atoms with Crippen LogP contribution in [-0.4, -0.2) is 38.5 Å². The summed E-state index contributed by atoms with van der Waals surface area (Å²) in [5.41, 5.74) is 4.95. The lowest BCUT2D eigenvalue weighted by Gasteiger charge is -2.43. The number of halogens is 1. The standard InChI is InChI=1S/C29H30BrNO6S/c1-4-31-21-7-5-9-23(32)27(21)26(28-22(31)8-6-10-24(28)33)18-15-20(30)29(25(16-18)36-3)37-38(34,35)19-13-11-17(2)12-14-19/h11-16,26H,4-10H2,1-3H3. The third kappa shape index (κ3) is 4.60. The summed E-state index contributed by atoms with van der Waals surface area (Å²) in [6.07, 6.45) is 4.02. The van der Waals surface area contributed by atoms with E-state index in [9.17, 15) is 18.0 Å². The van der Waals surface area contributed by atoms with E-state index in [2.05, 4.69) is 20.8 Å². The van der Waals surface area contributed by atoms with Gasteiger partial charge in [0.25, 0.3) is 0 Å². The maximum atomic E-state index is 13.4. The van der Waals surface area contributed by atoms with E-state index in [1.54, 1.807) is 24.3 Å². The fraction of sp³-hybridized carbons (Fsp3) is 0.379. The van der Waals surface area contributed by atoms with Crippen LogP contribution in [0.3, 0.4) is 0 Å². The number of nitrogens with zero attached hydrogens (tertiary/aromatic N) is 1. The molecule has 0 saturated carbocycles. The summed E-state index contributed by atoms with van der Waals surface area (Å²) in [4.78, 5) is 28.9. The van der Waals surface area contributed by atoms with Crippen LogP contribution >= 0.6 is 15.9 Å². The van der Waals surface area contributed by atoms with E-state index >= 15 is 0 Å². The Morgan fingerprint density at radius 1 is 0.947 bits per heavy atom. The van der Waals surface area contributed by atoms with E-state index in [1.165, 1.54) is 19.2 Å². The fourth-order valence-electron chi connectivity index (χ4n) is 5.78. The Bertz CT molecular complexity index is 1450. The molecule has 0 spiro atoms. The lowest BCUT2D eigenvalue weighted by Crippen LogP contribution is -2.39. The summed E-state index contributed by atoms with van der Waals surface area (Å²) in [6.45, 7) is 4.62. The Kier molecular flexibility index (Phi) is 7.26. The molecule has 0 amide bonds. The van der Waals surface area contributed by atoms with Crippen molar-refractivity contribution < 1.29 is 26.9 Å². The van der Waals surface area contributed by atoms with Gasteiger partial charge in [0.15, 0.2) is 23.1 Å². The Hall–Kier alpha value is -2.91. The number of carbonyl (C=O) groups is 2. The molecule has 0 unspecified atom stereocenters. The number of aryl methyl sites for hydroxylation is 1. The van der Waals surface area contributed by atoms with E-state index in [0.29, 0.717) is 40.6 Å². The van der Waals surface area contributed by atoms with Gasteiger partial charge in [-0.3, -0.25) is 9.59 Å². The first-order valence-corrected chi connectivity index (χ1v) is 15.0. The topological polar surface area (TPSA) is 90.0 Å². The zero-order valence-electron chi connectivity index (χ0n) is 21.7. The molecule has 0 atom stereocenters. The summed E-state index contributed by atoms with van der Waals surface area (Å²) in [7, 11) is -2.70. The summed E-state index contributed by atoms with van der Waals surface area (Å²) < 4.78 is 37.6. The second-order valence-electron chi connectivity index (χ2n) is 9.84. The van der Waals surface area contributed by atoms with Crippen molar-refractivity contribution in [1.82, 2.24) is 4.90 Å². The molecule has 38 heavy (non-hydrogen) atoms. The maximum absolute atomic E-state index is 13.4. The molecule has 0 fully saturated rings. The van der Waals surface area contributed by atoms with Crippen LogP contribution in [0, 0.1) is 6.92 Å². The molecule has 3 aliphatic rings. The van der Waals surface area contributed by atoms with Crippen LogP contribution in [0.4, 0.5) is 0 Å². The molecular weight excluding hydrogens is 570 g/mol. The molecule has 1 aliphatic heterocycles. The molecule has 0 bridgehead atoms. The molecule has 2 aromatic carbocycles. The first-order valence-electron chi connectivity index (χ1n) is 12.8. The van der Waals surface area contributed by atoms with E-state index in [0.717, 1.165) is 42.6 Å². The Balaban J connectivity index is 1.64. The van der Waals surface area contributed by atoms with Gasteiger partial charge in [0.2, 0.25) is 0 Å². The van der Waals surface area contributed by atoms with Crippen molar-refractivity contribution >= 4 is 37.6 Å². The number of hydrogen-bond donors (Lipinski definition) is 0. The zero-order chi connectivity index (χ0) is 27.2. The molecular formula is C29H30BrNO6S. The van der Waals surface area contributed by atoms with Gasteiger partial charge in [-0.25, -0.2) is 0 Å². The summed E-state index contributed by atoms with van der Waals surface area (Å²) >= 11 is 3.49. The molecule has 2 aromatic rings. The van der Waals surface area contributed by atoms with Gasteiger partial charge >= 0.3 is 10.1 Å². The van der Waals surface area contributed by atoms with Gasteiger partial charge < -0.3 is 13.8 Å². The molecule has 1 heterocycles. The molecule has 5 rings (SSSR count). The Morgan fingerprint density at radius 2 is 1.53 bits per heavy atom. The second-order valence-corrected chi connectivity index (χ2v) is 12.2. The predicted octanol–water partition coefficient (Wildman–Crippen LogP) is 5.97. The largest absolute Gasteiger partial charge is 0.493 e. The smallest absolute Gasteiger partial charge is 0.339 e. The van der Waals surface area contributed by atoms with Gasteiger partial charge in [-0.2, -0.15) is 8.42 Å². The van der Waals surface area contributed by atoms with Crippen LogP contribution in [0.25, 0.3) is 0 Å². The highest BCUT2D eigenvalue weighted by Gasteiger charge is 2.43. The SMILES string of the molecule is CCN1C2=C(C(=O)CCC2)C(c2cc(Br)c(OS(=O)(=O)c3ccc(C)cc3)c(OC)c2)C2=C1CCCC2=O. The minimum atomic E-state index is -4.13. The molecule has 0 aromatic heterocycles. The highest BCUT2D eigenvalue weighted by molar-refractivity contribution is 9.10. The van der Waals surface area contributed by atoms with E-state index in [1.807, 2.05) is 13.8 Å². The van der Waals surface area contributed by atoms with Gasteiger partial charge in [0.05, 0.1) is 11.6 Å². The average Bonchev–Trinajstić information content (AvgIpc) is 2.89. The molecule has 7 nitrogen and oxygen atoms in total. The van der Waals surface area contributed by atoms with E-state index in [4.69, 9.17) is 8.92 Å². The number of Topliss-reactive ketones (excluding diaryl/α,β-unsaturated/α-hetero) is 2. The number of rotatable bonds is 6. The number of allylic oxidation sites excluding steroid dienone is 4. The summed E-state index contributed by atoms with van der Waals surface area (Å²) in [6, 6.07) is 9.82. The van der Waals surface area contributed by atoms with Crippen molar-refractivity contribution in [2.24, 2.45) is 0 Å². The quantitative estimate of drug-likeness (QED) is 0.378. The fourth-order valence-corrected chi connectivity index (χ4v) is 7.39. The average molecular weight is 601 g/mol. The lowest BCUT2D eigenvalue weighted by atomic mass is 9.71. The van der Waals surface area contributed by atoms with Crippen molar-refractivity contribution in [2.75, 3.05) is 13.7 Å². The maximum Gasteiger partial charge on any atom is 0.339 e. The van der Waals surface area contributed by atoms with Gasteiger partial charge in [0.1, 0.15) is 4.90 Å². The molecule has 0 saturated heterocycles. The molecule has 2 aliphatic carbocycles. The van der Waals surface area contributed by atoms with Crippen molar-refractivity contribution in [3.63, 3.8) is 0 Å². The third-order valence-electron chi connectivity index (χ3n) is 7.49. The van der Waals surface area contributed by atoms with Crippen LogP contribution in [0.1, 0.15) is 62.5 Å². The monoisotopic (exact) mass is 599 g/mol. The zero-order valence-corrected chi connectivity index (χ0v) is 24.1. The molecule has 9 heteroatoms. The van der Waals surface area contributed by atoms with E-state index in [-0.39, 0.29) is 28.0 Å². The minimum Gasteiger partial charge on any atom is -0.493 e. The van der Waals surface area contributed by atoms with Crippen molar-refractivity contribution in [3.05, 3.63) is 74.5 Å². The lowest BCUT2D eigenvalue weighted by molar-refractivity contribution is -0.117. The van der Waals surface area contributed by atoms with Crippen molar-refractivity contribution in [1.29, 1.82) is 0 Å². The highest BCUT2D eigenvalue weighted by atomic mass is 79.9. The minimum absolute atomic E-state index is 0.0103. The summed E-state index contributed by atoms with van der Waals surface area (Å²) in [5.74, 6) is -0.222. The van der Waals surface area contributed by atoms with Crippen molar-refractivity contribution in [3.8, 4) is 11.5 Å². The highest BCUT2D eigenvalue weighted by Crippen LogP contribution is 2.51. The first-order chi connectivity index (χ1) is 18.2. The number of hydrogen-bond acceptors (Lipinski definition) is 7. The van der Waals surface area contributed by atoms with Gasteiger partial charge in [-0.1, -0.05) is 17.7 Å². The van der Waals surface area contributed by atoms with Crippen LogP contribution in [0.2, 0.25) is 0 Å². The van der Waals surface area contributed by atoms with Gasteiger partial charge in [-0.15, -0.1) is 0 Å². The van der Waals surface area contributed by atoms with Crippen LogP contribution < -0.4 is 8.92 Å². The van der Waals surface area contributed by atoms with Crippen LogP contribution in [-0.2, 0) is 19.7 Å². The van der Waals surface area contributed by atoms with Gasteiger partial charge in [0, 0.05) is 47.8 Å². The van der Waals surface area contributed by atoms with Gasteiger partial charge in [-0.05, 0) is 85.3 Å². The second kappa shape index (κ2) is 10.3. The third-order valence-corrected chi connectivity index (χ3v) is 9.32. The van der Waals surface area contributed by atoms with E-state index < -0.39 is 16.0 Å². The first kappa shape index (κ1) is 26.7. The number of ether oxygens (including phenoxy) is 1. The molecule has 0 N–H and O–H groups in total. The Morgan fingerprint density at radius 3 is 2.05 bits per heavy atom.